The SMILES string of the molecule is CCOC(=O)c1c(NC(=O)C(=O)NCCN(C)C)sc2c1CCCC2. The normalized spacial score (nSPS) is 13.3. The topological polar surface area (TPSA) is 87.7 Å². The van der Waals surface area contributed by atoms with Gasteiger partial charge in [0, 0.05) is 18.0 Å². The molecule has 2 amide bonds. The first-order valence-corrected chi connectivity index (χ1v) is 9.31. The summed E-state index contributed by atoms with van der Waals surface area (Å²) in [5, 5.41) is 5.58. The number of aryl methyl sites for hydroxylation is 1. The maximum absolute atomic E-state index is 12.3. The Bertz CT molecular complexity index is 655. The molecule has 2 rings (SSSR count). The van der Waals surface area contributed by atoms with Gasteiger partial charge in [-0.05, 0) is 52.3 Å². The average molecular weight is 367 g/mol. The highest BCUT2D eigenvalue weighted by molar-refractivity contribution is 7.17. The summed E-state index contributed by atoms with van der Waals surface area (Å²) in [5.41, 5.74) is 1.37. The number of fused-ring (bicyclic) bond motifs is 1. The predicted octanol–water partition coefficient (Wildman–Crippen LogP) is 1.42. The number of likely N-dealkylation sites (N-methyl/N-ethyl adjacent to an activating group) is 1. The van der Waals surface area contributed by atoms with Gasteiger partial charge in [-0.1, -0.05) is 0 Å². The van der Waals surface area contributed by atoms with Crippen LogP contribution < -0.4 is 10.6 Å². The van der Waals surface area contributed by atoms with Crippen LogP contribution in [-0.2, 0) is 27.2 Å². The van der Waals surface area contributed by atoms with E-state index >= 15 is 0 Å². The van der Waals surface area contributed by atoms with Gasteiger partial charge in [-0.3, -0.25) is 9.59 Å². The Morgan fingerprint density at radius 1 is 1.16 bits per heavy atom. The minimum absolute atomic E-state index is 0.266. The van der Waals surface area contributed by atoms with Crippen molar-refractivity contribution in [2.75, 3.05) is 39.1 Å². The molecule has 1 heterocycles. The van der Waals surface area contributed by atoms with Crippen molar-refractivity contribution in [2.45, 2.75) is 32.6 Å². The van der Waals surface area contributed by atoms with E-state index in [9.17, 15) is 14.4 Å². The molecular weight excluding hydrogens is 342 g/mol. The molecule has 25 heavy (non-hydrogen) atoms. The summed E-state index contributed by atoms with van der Waals surface area (Å²) < 4.78 is 5.14. The Morgan fingerprint density at radius 3 is 2.56 bits per heavy atom. The molecule has 1 aromatic heterocycles. The van der Waals surface area contributed by atoms with Crippen molar-refractivity contribution >= 4 is 34.1 Å². The van der Waals surface area contributed by atoms with Crippen molar-refractivity contribution < 1.29 is 19.1 Å². The first-order valence-electron chi connectivity index (χ1n) is 8.49. The van der Waals surface area contributed by atoms with Crippen LogP contribution in [0.3, 0.4) is 0 Å². The standard InChI is InChI=1S/C17H25N3O4S/c1-4-24-17(23)13-11-7-5-6-8-12(11)25-16(13)19-15(22)14(21)18-9-10-20(2)3/h4-10H2,1-3H3,(H,18,21)(H,19,22). The summed E-state index contributed by atoms with van der Waals surface area (Å²) in [6.07, 6.45) is 3.75. The third-order valence-electron chi connectivity index (χ3n) is 3.93. The lowest BCUT2D eigenvalue weighted by molar-refractivity contribution is -0.136. The van der Waals surface area contributed by atoms with Gasteiger partial charge >= 0.3 is 17.8 Å². The quantitative estimate of drug-likeness (QED) is 0.586. The van der Waals surface area contributed by atoms with Crippen LogP contribution in [0.4, 0.5) is 5.00 Å². The molecule has 0 atom stereocenters. The van der Waals surface area contributed by atoms with Gasteiger partial charge in [0.2, 0.25) is 0 Å². The number of esters is 1. The third-order valence-corrected chi connectivity index (χ3v) is 5.14. The second-order valence-corrected chi connectivity index (χ2v) is 7.25. The van der Waals surface area contributed by atoms with E-state index in [4.69, 9.17) is 4.74 Å². The van der Waals surface area contributed by atoms with Crippen molar-refractivity contribution in [1.29, 1.82) is 0 Å². The number of carbonyl (C=O) groups is 3. The maximum Gasteiger partial charge on any atom is 0.341 e. The number of nitrogens with zero attached hydrogens (tertiary/aromatic N) is 1. The van der Waals surface area contributed by atoms with Gasteiger partial charge in [-0.25, -0.2) is 4.79 Å². The van der Waals surface area contributed by atoms with Crippen LogP contribution in [0.15, 0.2) is 0 Å². The summed E-state index contributed by atoms with van der Waals surface area (Å²) in [6.45, 7) is 3.03. The zero-order valence-electron chi connectivity index (χ0n) is 14.9. The molecule has 138 valence electrons. The van der Waals surface area contributed by atoms with Gasteiger partial charge in [0.05, 0.1) is 12.2 Å². The number of carbonyl (C=O) groups excluding carboxylic acids is 3. The molecule has 0 unspecified atom stereocenters. The van der Waals surface area contributed by atoms with E-state index in [2.05, 4.69) is 10.6 Å². The molecule has 1 aliphatic carbocycles. The van der Waals surface area contributed by atoms with Crippen molar-refractivity contribution in [3.63, 3.8) is 0 Å². The highest BCUT2D eigenvalue weighted by Gasteiger charge is 2.28. The molecule has 0 saturated heterocycles. The maximum atomic E-state index is 12.3. The molecule has 7 nitrogen and oxygen atoms in total. The number of hydrogen-bond acceptors (Lipinski definition) is 6. The van der Waals surface area contributed by atoms with Crippen LogP contribution >= 0.6 is 11.3 Å². The molecular formula is C17H25N3O4S. The lowest BCUT2D eigenvalue weighted by Gasteiger charge is -2.12. The number of hydrogen-bond donors (Lipinski definition) is 2. The lowest BCUT2D eigenvalue weighted by Crippen LogP contribution is -2.38. The van der Waals surface area contributed by atoms with Crippen LogP contribution in [0.2, 0.25) is 0 Å². The lowest BCUT2D eigenvalue weighted by atomic mass is 9.95. The van der Waals surface area contributed by atoms with Gasteiger partial charge in [-0.2, -0.15) is 0 Å². The molecule has 1 aromatic rings. The molecule has 0 radical (unpaired) electrons. The summed E-state index contributed by atoms with van der Waals surface area (Å²) in [4.78, 5) is 39.4. The first-order chi connectivity index (χ1) is 11.9. The molecule has 0 fully saturated rings. The molecule has 8 heteroatoms. The Morgan fingerprint density at radius 2 is 1.88 bits per heavy atom. The minimum Gasteiger partial charge on any atom is -0.462 e. The van der Waals surface area contributed by atoms with E-state index in [0.29, 0.717) is 23.7 Å². The fraction of sp³-hybridized carbons (Fsp3) is 0.588. The Hall–Kier alpha value is -1.93. The molecule has 0 saturated carbocycles. The second-order valence-electron chi connectivity index (χ2n) is 6.15. The van der Waals surface area contributed by atoms with E-state index in [1.54, 1.807) is 6.92 Å². The summed E-state index contributed by atoms with van der Waals surface area (Å²) in [5.74, 6) is -1.91. The number of rotatable bonds is 6. The average Bonchev–Trinajstić information content (AvgIpc) is 2.92. The molecule has 0 aliphatic heterocycles. The highest BCUT2D eigenvalue weighted by Crippen LogP contribution is 2.38. The zero-order valence-corrected chi connectivity index (χ0v) is 15.8. The van der Waals surface area contributed by atoms with Gasteiger partial charge in [0.25, 0.3) is 0 Å². The van der Waals surface area contributed by atoms with E-state index < -0.39 is 17.8 Å². The van der Waals surface area contributed by atoms with Crippen LogP contribution in [0, 0.1) is 0 Å². The Labute approximate surface area is 151 Å². The van der Waals surface area contributed by atoms with E-state index in [1.165, 1.54) is 11.3 Å². The minimum atomic E-state index is -0.761. The summed E-state index contributed by atoms with van der Waals surface area (Å²) in [6, 6.07) is 0. The van der Waals surface area contributed by atoms with Gasteiger partial charge < -0.3 is 20.3 Å². The molecule has 0 aromatic carbocycles. The fourth-order valence-electron chi connectivity index (χ4n) is 2.71. The number of amides is 2. The number of nitrogens with one attached hydrogen (secondary N) is 2. The van der Waals surface area contributed by atoms with Crippen molar-refractivity contribution in [3.8, 4) is 0 Å². The zero-order chi connectivity index (χ0) is 18.4. The largest absolute Gasteiger partial charge is 0.462 e. The van der Waals surface area contributed by atoms with Gasteiger partial charge in [0.1, 0.15) is 5.00 Å². The van der Waals surface area contributed by atoms with Crippen LogP contribution in [0.1, 0.15) is 40.6 Å². The predicted molar refractivity (Wildman–Crippen MR) is 97.1 cm³/mol. The summed E-state index contributed by atoms with van der Waals surface area (Å²) in [7, 11) is 3.77. The number of thiophene rings is 1. The molecule has 0 bridgehead atoms. The van der Waals surface area contributed by atoms with Crippen LogP contribution in [0.5, 0.6) is 0 Å². The molecule has 0 spiro atoms. The van der Waals surface area contributed by atoms with E-state index in [1.807, 2.05) is 19.0 Å². The second kappa shape index (κ2) is 8.96. The molecule has 2 N–H and O–H groups in total. The van der Waals surface area contributed by atoms with Crippen molar-refractivity contribution in [2.24, 2.45) is 0 Å². The fourth-order valence-corrected chi connectivity index (χ4v) is 3.98. The van der Waals surface area contributed by atoms with E-state index in [0.717, 1.165) is 36.1 Å². The highest BCUT2D eigenvalue weighted by atomic mass is 32.1. The third kappa shape index (κ3) is 5.02. The van der Waals surface area contributed by atoms with Crippen LogP contribution in [-0.4, -0.2) is 56.5 Å². The Kier molecular flexibility index (Phi) is 6.95. The summed E-state index contributed by atoms with van der Waals surface area (Å²) >= 11 is 1.37. The smallest absolute Gasteiger partial charge is 0.341 e. The first kappa shape index (κ1) is 19.4. The van der Waals surface area contributed by atoms with Crippen LogP contribution in [0.25, 0.3) is 0 Å². The Balaban J connectivity index is 2.12. The molecule has 1 aliphatic rings. The van der Waals surface area contributed by atoms with Crippen molar-refractivity contribution in [1.82, 2.24) is 10.2 Å². The van der Waals surface area contributed by atoms with Gasteiger partial charge in [-0.15, -0.1) is 11.3 Å². The van der Waals surface area contributed by atoms with E-state index in [-0.39, 0.29) is 6.61 Å². The van der Waals surface area contributed by atoms with Crippen molar-refractivity contribution in [3.05, 3.63) is 16.0 Å². The number of ether oxygens (including phenoxy) is 1. The monoisotopic (exact) mass is 367 g/mol. The number of anilines is 1. The van der Waals surface area contributed by atoms with Gasteiger partial charge in [0.15, 0.2) is 0 Å².